The van der Waals surface area contributed by atoms with Crippen LogP contribution in [-0.2, 0) is 9.53 Å². The lowest BCUT2D eigenvalue weighted by Crippen LogP contribution is -2.25. The Morgan fingerprint density at radius 2 is 2.00 bits per heavy atom. The van der Waals surface area contributed by atoms with Crippen LogP contribution < -0.4 is 4.74 Å². The highest BCUT2D eigenvalue weighted by Gasteiger charge is 2.18. The zero-order valence-corrected chi connectivity index (χ0v) is 10.6. The molecule has 1 aromatic carbocycles. The molecule has 0 radical (unpaired) electrons. The molecule has 94 valence electrons. The first kappa shape index (κ1) is 13.5. The molecule has 0 heterocycles. The lowest BCUT2D eigenvalue weighted by atomic mass is 10.1. The number of rotatable bonds is 4. The van der Waals surface area contributed by atoms with Crippen LogP contribution in [0, 0.1) is 6.92 Å². The Kier molecular flexibility index (Phi) is 4.52. The fourth-order valence-electron chi connectivity index (χ4n) is 1.49. The molecule has 0 spiro atoms. The summed E-state index contributed by atoms with van der Waals surface area (Å²) in [6.07, 6.45) is -1.34. The normalized spacial score (nSPS) is 13.9. The molecule has 4 heteroatoms. The van der Waals surface area contributed by atoms with Gasteiger partial charge in [0.05, 0.1) is 13.2 Å². The van der Waals surface area contributed by atoms with Gasteiger partial charge in [-0.05, 0) is 32.4 Å². The van der Waals surface area contributed by atoms with E-state index in [1.165, 1.54) is 7.11 Å². The van der Waals surface area contributed by atoms with Gasteiger partial charge >= 0.3 is 5.97 Å². The lowest BCUT2D eigenvalue weighted by Gasteiger charge is -2.17. The summed E-state index contributed by atoms with van der Waals surface area (Å²) < 4.78 is 10.1. The predicted molar refractivity (Wildman–Crippen MR) is 63.9 cm³/mol. The van der Waals surface area contributed by atoms with Crippen molar-refractivity contribution in [1.82, 2.24) is 0 Å². The molecule has 0 fully saturated rings. The third-order valence-electron chi connectivity index (χ3n) is 2.46. The predicted octanol–water partition coefficient (Wildman–Crippen LogP) is 1.99. The molecular formula is C13H18O4. The second-order valence-electron chi connectivity index (χ2n) is 4.00. The second kappa shape index (κ2) is 5.68. The van der Waals surface area contributed by atoms with Crippen molar-refractivity contribution in [3.63, 3.8) is 0 Å². The number of carbonyl (C=O) groups excluding carboxylic acids is 1. The van der Waals surface area contributed by atoms with Gasteiger partial charge in [0.1, 0.15) is 5.75 Å². The number of aliphatic hydroxyl groups excluding tert-OH is 1. The van der Waals surface area contributed by atoms with Gasteiger partial charge in [-0.3, -0.25) is 0 Å². The van der Waals surface area contributed by atoms with Crippen LogP contribution in [0.4, 0.5) is 0 Å². The van der Waals surface area contributed by atoms with Crippen molar-refractivity contribution >= 4 is 5.97 Å². The Bertz CT molecular complexity index is 398. The monoisotopic (exact) mass is 238 g/mol. The molecule has 0 aliphatic heterocycles. The summed E-state index contributed by atoms with van der Waals surface area (Å²) in [6, 6.07) is 5.47. The van der Waals surface area contributed by atoms with Crippen molar-refractivity contribution in [2.75, 3.05) is 7.11 Å². The van der Waals surface area contributed by atoms with E-state index < -0.39 is 18.2 Å². The molecular weight excluding hydrogens is 220 g/mol. The highest BCUT2D eigenvalue weighted by Crippen LogP contribution is 2.27. The highest BCUT2D eigenvalue weighted by molar-refractivity contribution is 5.74. The summed E-state index contributed by atoms with van der Waals surface area (Å²) in [6.45, 7) is 5.18. The Balaban J connectivity index is 2.96. The van der Waals surface area contributed by atoms with Gasteiger partial charge in [0.15, 0.2) is 6.10 Å². The molecule has 0 aliphatic carbocycles. The summed E-state index contributed by atoms with van der Waals surface area (Å²) in [5.74, 6) is 0.0703. The van der Waals surface area contributed by atoms with Gasteiger partial charge in [-0.2, -0.15) is 0 Å². The number of ether oxygens (including phenoxy) is 2. The standard InChI is InChI=1S/C13H18O4/c1-8-5-6-11(9(2)14)12(7-8)17-10(3)13(15)16-4/h5-7,9-10,14H,1-4H3. The fourth-order valence-corrected chi connectivity index (χ4v) is 1.49. The van der Waals surface area contributed by atoms with Crippen LogP contribution >= 0.6 is 0 Å². The minimum atomic E-state index is -0.695. The topological polar surface area (TPSA) is 55.8 Å². The van der Waals surface area contributed by atoms with Gasteiger partial charge in [-0.15, -0.1) is 0 Å². The molecule has 1 rings (SSSR count). The molecule has 1 aromatic rings. The largest absolute Gasteiger partial charge is 0.479 e. The van der Waals surface area contributed by atoms with Crippen molar-refractivity contribution < 1.29 is 19.4 Å². The minimum absolute atomic E-state index is 0.442. The number of carbonyl (C=O) groups is 1. The third-order valence-corrected chi connectivity index (χ3v) is 2.46. The van der Waals surface area contributed by atoms with E-state index in [0.29, 0.717) is 11.3 Å². The maximum absolute atomic E-state index is 11.3. The molecule has 17 heavy (non-hydrogen) atoms. The average Bonchev–Trinajstić information content (AvgIpc) is 2.27. The van der Waals surface area contributed by atoms with E-state index in [1.54, 1.807) is 26.0 Å². The number of aryl methyl sites for hydroxylation is 1. The minimum Gasteiger partial charge on any atom is -0.479 e. The van der Waals surface area contributed by atoms with Crippen molar-refractivity contribution in [2.45, 2.75) is 33.0 Å². The number of hydrogen-bond acceptors (Lipinski definition) is 4. The zero-order valence-electron chi connectivity index (χ0n) is 10.6. The van der Waals surface area contributed by atoms with E-state index in [1.807, 2.05) is 13.0 Å². The molecule has 2 unspecified atom stereocenters. The number of esters is 1. The SMILES string of the molecule is COC(=O)C(C)Oc1cc(C)ccc1C(C)O. The van der Waals surface area contributed by atoms with Gasteiger partial charge < -0.3 is 14.6 Å². The Morgan fingerprint density at radius 3 is 2.53 bits per heavy atom. The summed E-state index contributed by atoms with van der Waals surface area (Å²) in [5, 5.41) is 9.61. The van der Waals surface area contributed by atoms with E-state index >= 15 is 0 Å². The van der Waals surface area contributed by atoms with E-state index in [9.17, 15) is 9.90 Å². The molecule has 0 saturated carbocycles. The van der Waals surface area contributed by atoms with E-state index in [0.717, 1.165) is 5.56 Å². The van der Waals surface area contributed by atoms with Crippen LogP contribution in [0.2, 0.25) is 0 Å². The van der Waals surface area contributed by atoms with E-state index in [-0.39, 0.29) is 0 Å². The Labute approximate surface area is 101 Å². The van der Waals surface area contributed by atoms with Crippen LogP contribution in [0.25, 0.3) is 0 Å². The van der Waals surface area contributed by atoms with E-state index in [2.05, 4.69) is 4.74 Å². The zero-order chi connectivity index (χ0) is 13.0. The van der Waals surface area contributed by atoms with Crippen molar-refractivity contribution in [3.8, 4) is 5.75 Å². The van der Waals surface area contributed by atoms with Crippen LogP contribution in [-0.4, -0.2) is 24.3 Å². The third kappa shape index (κ3) is 3.46. The molecule has 2 atom stereocenters. The van der Waals surface area contributed by atoms with Crippen molar-refractivity contribution in [2.24, 2.45) is 0 Å². The fraction of sp³-hybridized carbons (Fsp3) is 0.462. The van der Waals surface area contributed by atoms with Crippen molar-refractivity contribution in [3.05, 3.63) is 29.3 Å². The maximum atomic E-state index is 11.3. The molecule has 0 bridgehead atoms. The van der Waals surface area contributed by atoms with Gasteiger partial charge in [-0.1, -0.05) is 12.1 Å². The van der Waals surface area contributed by atoms with Gasteiger partial charge in [0, 0.05) is 5.56 Å². The summed E-state index contributed by atoms with van der Waals surface area (Å²) in [7, 11) is 1.31. The summed E-state index contributed by atoms with van der Waals surface area (Å²) in [4.78, 5) is 11.3. The number of benzene rings is 1. The Hall–Kier alpha value is -1.55. The molecule has 1 N–H and O–H groups in total. The van der Waals surface area contributed by atoms with Crippen LogP contribution in [0.15, 0.2) is 18.2 Å². The van der Waals surface area contributed by atoms with Gasteiger partial charge in [0.2, 0.25) is 0 Å². The molecule has 4 nitrogen and oxygen atoms in total. The Morgan fingerprint density at radius 1 is 1.35 bits per heavy atom. The number of methoxy groups -OCH3 is 1. The van der Waals surface area contributed by atoms with Crippen LogP contribution in [0.5, 0.6) is 5.75 Å². The average molecular weight is 238 g/mol. The van der Waals surface area contributed by atoms with Crippen LogP contribution in [0.1, 0.15) is 31.1 Å². The maximum Gasteiger partial charge on any atom is 0.346 e. The summed E-state index contributed by atoms with van der Waals surface area (Å²) >= 11 is 0. The second-order valence-corrected chi connectivity index (χ2v) is 4.00. The highest BCUT2D eigenvalue weighted by atomic mass is 16.6. The smallest absolute Gasteiger partial charge is 0.346 e. The molecule has 0 saturated heterocycles. The van der Waals surface area contributed by atoms with Crippen LogP contribution in [0.3, 0.4) is 0 Å². The van der Waals surface area contributed by atoms with Crippen molar-refractivity contribution in [1.29, 1.82) is 0 Å². The first-order chi connectivity index (χ1) is 7.95. The van der Waals surface area contributed by atoms with E-state index in [4.69, 9.17) is 4.74 Å². The quantitative estimate of drug-likeness (QED) is 0.815. The van der Waals surface area contributed by atoms with Gasteiger partial charge in [0.25, 0.3) is 0 Å². The molecule has 0 amide bonds. The van der Waals surface area contributed by atoms with Gasteiger partial charge in [-0.25, -0.2) is 4.79 Å². The first-order valence-electron chi connectivity index (χ1n) is 5.48. The number of aliphatic hydroxyl groups is 1. The first-order valence-corrected chi connectivity index (χ1v) is 5.48. The lowest BCUT2D eigenvalue weighted by molar-refractivity contribution is -0.148. The molecule has 0 aliphatic rings. The number of hydrogen-bond donors (Lipinski definition) is 1. The molecule has 0 aromatic heterocycles. The summed E-state index contributed by atoms with van der Waals surface area (Å²) in [5.41, 5.74) is 1.66.